The molecule has 0 aliphatic heterocycles. The fraction of sp³-hybridized carbons (Fsp3) is 0.571. The summed E-state index contributed by atoms with van der Waals surface area (Å²) < 4.78 is 38.3. The molecule has 9 nitrogen and oxygen atoms in total. The van der Waals surface area contributed by atoms with Crippen molar-refractivity contribution in [1.82, 2.24) is 15.5 Å². The minimum atomic E-state index is -3.90. The van der Waals surface area contributed by atoms with Crippen molar-refractivity contribution in [2.45, 2.75) is 70.9 Å². The number of ether oxygens (including phenoxy) is 1. The number of carbonyl (C=O) groups excluding carboxylic acids is 1. The zero-order valence-corrected chi connectivity index (χ0v) is 19.0. The number of carbonyl (C=O) groups is 1. The summed E-state index contributed by atoms with van der Waals surface area (Å²) in [5, 5.41) is 6.93. The minimum Gasteiger partial charge on any atom is -0.491 e. The molecule has 0 atom stereocenters. The van der Waals surface area contributed by atoms with E-state index in [0.29, 0.717) is 36.0 Å². The van der Waals surface area contributed by atoms with Crippen LogP contribution in [-0.2, 0) is 20.4 Å². The minimum absolute atomic E-state index is 0.0190. The van der Waals surface area contributed by atoms with Gasteiger partial charge >= 0.3 is 0 Å². The molecule has 0 radical (unpaired) electrons. The maximum absolute atomic E-state index is 12.8. The van der Waals surface area contributed by atoms with E-state index in [1.165, 1.54) is 0 Å². The van der Waals surface area contributed by atoms with E-state index in [2.05, 4.69) is 20.2 Å². The molecule has 10 heteroatoms. The van der Waals surface area contributed by atoms with Crippen LogP contribution < -0.4 is 14.8 Å². The van der Waals surface area contributed by atoms with E-state index in [4.69, 9.17) is 9.26 Å². The first-order valence-corrected chi connectivity index (χ1v) is 12.2. The number of aromatic nitrogens is 2. The monoisotopic (exact) mass is 450 g/mol. The zero-order valence-electron chi connectivity index (χ0n) is 18.2. The lowest BCUT2D eigenvalue weighted by Crippen LogP contribution is -2.48. The number of hydrogen-bond donors (Lipinski definition) is 2. The van der Waals surface area contributed by atoms with Crippen molar-refractivity contribution in [1.29, 1.82) is 0 Å². The molecular weight excluding hydrogens is 420 g/mol. The maximum Gasteiger partial charge on any atom is 0.241 e. The van der Waals surface area contributed by atoms with Crippen molar-refractivity contribution in [3.05, 3.63) is 36.0 Å². The molecule has 0 unspecified atom stereocenters. The summed E-state index contributed by atoms with van der Waals surface area (Å²) in [6, 6.07) is 6.55. The largest absolute Gasteiger partial charge is 0.491 e. The Morgan fingerprint density at radius 1 is 1.16 bits per heavy atom. The highest BCUT2D eigenvalue weighted by molar-refractivity contribution is 7.93. The van der Waals surface area contributed by atoms with E-state index in [-0.39, 0.29) is 6.10 Å². The third-order valence-corrected chi connectivity index (χ3v) is 6.30. The lowest BCUT2D eigenvalue weighted by Gasteiger charge is -2.30. The Morgan fingerprint density at radius 3 is 2.35 bits per heavy atom. The molecular formula is C21H30N4O5S. The molecule has 170 valence electrons. The lowest BCUT2D eigenvalue weighted by molar-refractivity contribution is -0.121. The van der Waals surface area contributed by atoms with Gasteiger partial charge in [0.2, 0.25) is 21.8 Å². The lowest BCUT2D eigenvalue weighted by atomic mass is 9.89. The fourth-order valence-electron chi connectivity index (χ4n) is 3.80. The Balaban J connectivity index is 1.68. The van der Waals surface area contributed by atoms with Gasteiger partial charge in [0.15, 0.2) is 5.82 Å². The van der Waals surface area contributed by atoms with Gasteiger partial charge < -0.3 is 14.6 Å². The number of amides is 1. The maximum atomic E-state index is 12.8. The van der Waals surface area contributed by atoms with Crippen LogP contribution in [-0.4, -0.2) is 36.3 Å². The molecule has 1 heterocycles. The Labute approximate surface area is 183 Å². The molecule has 3 rings (SSSR count). The Kier molecular flexibility index (Phi) is 7.19. The van der Waals surface area contributed by atoms with Gasteiger partial charge in [-0.25, -0.2) is 8.42 Å². The number of aryl methyl sites for hydroxylation is 1. The molecule has 1 aromatic heterocycles. The quantitative estimate of drug-likeness (QED) is 0.592. The van der Waals surface area contributed by atoms with Crippen molar-refractivity contribution in [3.63, 3.8) is 0 Å². The average molecular weight is 451 g/mol. The van der Waals surface area contributed by atoms with E-state index in [0.717, 1.165) is 25.7 Å². The predicted molar refractivity (Wildman–Crippen MR) is 116 cm³/mol. The molecule has 0 saturated heterocycles. The number of nitrogens with one attached hydrogen (secondary N) is 2. The molecule has 0 spiro atoms. The number of benzene rings is 1. The predicted octanol–water partition coefficient (Wildman–Crippen LogP) is 3.27. The number of sulfonamides is 1. The molecule has 2 aromatic rings. The summed E-state index contributed by atoms with van der Waals surface area (Å²) in [6.07, 6.45) is 5.18. The molecule has 0 bridgehead atoms. The number of rotatable bonds is 8. The second-order valence-electron chi connectivity index (χ2n) is 8.23. The van der Waals surface area contributed by atoms with Gasteiger partial charge in [0, 0.05) is 12.6 Å². The van der Waals surface area contributed by atoms with Crippen molar-refractivity contribution in [2.24, 2.45) is 0 Å². The normalized spacial score (nSPS) is 16.5. The van der Waals surface area contributed by atoms with E-state index in [1.54, 1.807) is 31.2 Å². The molecule has 1 aromatic carbocycles. The third-order valence-electron chi connectivity index (χ3n) is 5.11. The fourth-order valence-corrected chi connectivity index (χ4v) is 4.78. The van der Waals surface area contributed by atoms with Crippen LogP contribution in [0.1, 0.15) is 64.1 Å². The van der Waals surface area contributed by atoms with Crippen LogP contribution in [0.2, 0.25) is 0 Å². The second kappa shape index (κ2) is 9.67. The van der Waals surface area contributed by atoms with Crippen LogP contribution >= 0.6 is 0 Å². The van der Waals surface area contributed by atoms with E-state index < -0.39 is 27.2 Å². The van der Waals surface area contributed by atoms with Crippen LogP contribution in [0.25, 0.3) is 0 Å². The first-order valence-electron chi connectivity index (χ1n) is 10.6. The van der Waals surface area contributed by atoms with Crippen LogP contribution in [0.5, 0.6) is 5.75 Å². The third kappa shape index (κ3) is 6.43. The average Bonchev–Trinajstić information content (AvgIpc) is 2.98. The van der Waals surface area contributed by atoms with Gasteiger partial charge in [-0.3, -0.25) is 9.52 Å². The van der Waals surface area contributed by atoms with Crippen LogP contribution in [0.3, 0.4) is 0 Å². The number of nitrogens with zero attached hydrogens (tertiary/aromatic N) is 2. The zero-order chi connectivity index (χ0) is 22.5. The summed E-state index contributed by atoms with van der Waals surface area (Å²) in [5.41, 5.74) is -0.446. The molecule has 1 aliphatic carbocycles. The van der Waals surface area contributed by atoms with Gasteiger partial charge in [0.05, 0.1) is 6.10 Å². The van der Waals surface area contributed by atoms with Crippen LogP contribution in [0.15, 0.2) is 28.8 Å². The SMILES string of the molecule is Cc1nc(C2(NC(=O)CS(=O)(=O)Nc3ccc(OC(C)C)cc3)CCCCCC2)no1. The standard InChI is InChI=1S/C21H30N4O5S/c1-15(2)29-18-10-8-17(9-11-18)25-31(27,28)14-19(26)23-21(12-6-4-5-7-13-21)20-22-16(3)30-24-20/h8-11,15,25H,4-7,12-14H2,1-3H3,(H,23,26). The van der Waals surface area contributed by atoms with Gasteiger partial charge in [-0.2, -0.15) is 4.98 Å². The Morgan fingerprint density at radius 2 is 1.81 bits per heavy atom. The smallest absolute Gasteiger partial charge is 0.241 e. The van der Waals surface area contributed by atoms with Gasteiger partial charge in [0.25, 0.3) is 0 Å². The highest BCUT2D eigenvalue weighted by Gasteiger charge is 2.39. The van der Waals surface area contributed by atoms with Gasteiger partial charge in [-0.05, 0) is 51.0 Å². The van der Waals surface area contributed by atoms with Crippen LogP contribution in [0.4, 0.5) is 5.69 Å². The Bertz CT molecular complexity index is 977. The number of anilines is 1. The highest BCUT2D eigenvalue weighted by atomic mass is 32.2. The van der Waals surface area contributed by atoms with Crippen LogP contribution in [0, 0.1) is 6.92 Å². The molecule has 1 amide bonds. The van der Waals surface area contributed by atoms with E-state index in [1.807, 2.05) is 13.8 Å². The Hall–Kier alpha value is -2.62. The topological polar surface area (TPSA) is 123 Å². The summed E-state index contributed by atoms with van der Waals surface area (Å²) in [6.45, 7) is 5.51. The number of hydrogen-bond acceptors (Lipinski definition) is 7. The van der Waals surface area contributed by atoms with Crippen molar-refractivity contribution >= 4 is 21.6 Å². The van der Waals surface area contributed by atoms with Gasteiger partial charge in [-0.1, -0.05) is 30.8 Å². The second-order valence-corrected chi connectivity index (χ2v) is 9.96. The van der Waals surface area contributed by atoms with E-state index >= 15 is 0 Å². The first-order chi connectivity index (χ1) is 14.7. The first kappa shape index (κ1) is 23.1. The van der Waals surface area contributed by atoms with Crippen molar-refractivity contribution < 1.29 is 22.5 Å². The van der Waals surface area contributed by atoms with Gasteiger partial charge in [0.1, 0.15) is 17.0 Å². The summed E-state index contributed by atoms with van der Waals surface area (Å²) in [5.74, 6) is 0.159. The summed E-state index contributed by atoms with van der Waals surface area (Å²) >= 11 is 0. The molecule has 1 aliphatic rings. The summed E-state index contributed by atoms with van der Waals surface area (Å²) in [4.78, 5) is 17.1. The summed E-state index contributed by atoms with van der Waals surface area (Å²) in [7, 11) is -3.90. The molecule has 1 fully saturated rings. The van der Waals surface area contributed by atoms with Crippen molar-refractivity contribution in [2.75, 3.05) is 10.5 Å². The molecule has 2 N–H and O–H groups in total. The molecule has 31 heavy (non-hydrogen) atoms. The molecule has 1 saturated carbocycles. The van der Waals surface area contributed by atoms with E-state index in [9.17, 15) is 13.2 Å². The van der Waals surface area contributed by atoms with Gasteiger partial charge in [-0.15, -0.1) is 0 Å². The highest BCUT2D eigenvalue weighted by Crippen LogP contribution is 2.34. The van der Waals surface area contributed by atoms with Crippen molar-refractivity contribution in [3.8, 4) is 5.75 Å².